The highest BCUT2D eigenvalue weighted by Crippen LogP contribution is 2.18. The molecule has 132 valence electrons. The molecule has 3 heteroatoms. The second kappa shape index (κ2) is 11.0. The summed E-state index contributed by atoms with van der Waals surface area (Å²) in [6.07, 6.45) is 12.0. The van der Waals surface area contributed by atoms with Gasteiger partial charge in [-0.1, -0.05) is 58.3 Å². The van der Waals surface area contributed by atoms with Crippen LogP contribution < -0.4 is 0 Å². The molecule has 0 unspecified atom stereocenters. The Balaban J connectivity index is 3.55. The van der Waals surface area contributed by atoms with Crippen molar-refractivity contribution in [2.45, 2.75) is 90.5 Å². The topological polar surface area (TPSA) is 26.3 Å². The molecule has 0 N–H and O–H groups in total. The summed E-state index contributed by atoms with van der Waals surface area (Å²) in [5, 5.41) is 0. The molecule has 0 aliphatic rings. The molecule has 0 aromatic heterocycles. The largest absolute Gasteiger partial charge is 0.459 e. The SMILES string of the molecule is CCCCCCCCCCCC(=O)OCC(C)(C)[N+](C)(C)C. The first kappa shape index (κ1) is 21.4. The average molecular weight is 315 g/mol. The van der Waals surface area contributed by atoms with Crippen LogP contribution in [0.2, 0.25) is 0 Å². The molecule has 0 aliphatic heterocycles. The second-order valence-electron chi connectivity index (χ2n) is 8.06. The molecule has 0 bridgehead atoms. The smallest absolute Gasteiger partial charge is 0.306 e. The first-order valence-corrected chi connectivity index (χ1v) is 9.18. The fourth-order valence-electron chi connectivity index (χ4n) is 2.10. The average Bonchev–Trinajstić information content (AvgIpc) is 2.42. The summed E-state index contributed by atoms with van der Waals surface area (Å²) in [7, 11) is 6.40. The Kier molecular flexibility index (Phi) is 10.8. The molecule has 0 rings (SSSR count). The molecule has 0 aromatic rings. The van der Waals surface area contributed by atoms with Gasteiger partial charge < -0.3 is 9.22 Å². The lowest BCUT2D eigenvalue weighted by atomic mass is 10.0. The highest BCUT2D eigenvalue weighted by atomic mass is 16.5. The second-order valence-corrected chi connectivity index (χ2v) is 8.06. The van der Waals surface area contributed by atoms with Crippen molar-refractivity contribution in [3.8, 4) is 0 Å². The quantitative estimate of drug-likeness (QED) is 0.273. The first-order chi connectivity index (χ1) is 10.2. The van der Waals surface area contributed by atoms with Crippen molar-refractivity contribution < 1.29 is 14.0 Å². The van der Waals surface area contributed by atoms with Gasteiger partial charge in [-0.2, -0.15) is 0 Å². The summed E-state index contributed by atoms with van der Waals surface area (Å²) in [5.74, 6) is -0.0375. The fourth-order valence-corrected chi connectivity index (χ4v) is 2.10. The number of carbonyl (C=O) groups excluding carboxylic acids is 1. The molecule has 0 aromatic carbocycles. The summed E-state index contributed by atoms with van der Waals surface area (Å²) >= 11 is 0. The molecular weight excluding hydrogens is 274 g/mol. The maximum atomic E-state index is 11.8. The number of hydrogen-bond donors (Lipinski definition) is 0. The molecule has 0 atom stereocenters. The van der Waals surface area contributed by atoms with Crippen molar-refractivity contribution in [3.05, 3.63) is 0 Å². The van der Waals surface area contributed by atoms with Crippen molar-refractivity contribution in [2.24, 2.45) is 0 Å². The molecular formula is C19H40NO2+. The number of hydrogen-bond acceptors (Lipinski definition) is 2. The molecule has 3 nitrogen and oxygen atoms in total. The zero-order valence-electron chi connectivity index (χ0n) is 16.0. The predicted molar refractivity (Wildman–Crippen MR) is 94.9 cm³/mol. The van der Waals surface area contributed by atoms with Crippen LogP contribution in [0.4, 0.5) is 0 Å². The minimum atomic E-state index is -0.0475. The van der Waals surface area contributed by atoms with E-state index in [2.05, 4.69) is 41.9 Å². The van der Waals surface area contributed by atoms with Gasteiger partial charge >= 0.3 is 5.97 Å². The van der Waals surface area contributed by atoms with Crippen molar-refractivity contribution in [1.82, 2.24) is 0 Å². The highest BCUT2D eigenvalue weighted by Gasteiger charge is 2.34. The number of nitrogens with zero attached hydrogens (tertiary/aromatic N) is 1. The van der Waals surface area contributed by atoms with E-state index in [1.807, 2.05) is 0 Å². The van der Waals surface area contributed by atoms with E-state index in [1.165, 1.54) is 44.9 Å². The van der Waals surface area contributed by atoms with Gasteiger partial charge in [-0.25, -0.2) is 0 Å². The predicted octanol–water partition coefficient (Wildman–Crippen LogP) is 4.94. The van der Waals surface area contributed by atoms with Crippen LogP contribution in [0.15, 0.2) is 0 Å². The van der Waals surface area contributed by atoms with Gasteiger partial charge in [0.05, 0.1) is 21.1 Å². The Labute approximate surface area is 139 Å². The highest BCUT2D eigenvalue weighted by molar-refractivity contribution is 5.69. The lowest BCUT2D eigenvalue weighted by Gasteiger charge is -2.40. The van der Waals surface area contributed by atoms with Crippen LogP contribution in [0.25, 0.3) is 0 Å². The Bertz CT molecular complexity index is 292. The Morgan fingerprint density at radius 1 is 0.864 bits per heavy atom. The van der Waals surface area contributed by atoms with Crippen LogP contribution in [0.5, 0.6) is 0 Å². The third-order valence-corrected chi connectivity index (χ3v) is 4.89. The van der Waals surface area contributed by atoms with Crippen LogP contribution in [0.1, 0.15) is 85.0 Å². The van der Waals surface area contributed by atoms with E-state index in [1.54, 1.807) is 0 Å². The number of ether oxygens (including phenoxy) is 1. The van der Waals surface area contributed by atoms with E-state index in [4.69, 9.17) is 4.74 Å². The maximum absolute atomic E-state index is 11.8. The van der Waals surface area contributed by atoms with Gasteiger partial charge in [0.2, 0.25) is 0 Å². The van der Waals surface area contributed by atoms with Crippen molar-refractivity contribution in [2.75, 3.05) is 27.7 Å². The minimum absolute atomic E-state index is 0.0375. The van der Waals surface area contributed by atoms with E-state index in [9.17, 15) is 4.79 Å². The van der Waals surface area contributed by atoms with Crippen LogP contribution in [-0.2, 0) is 9.53 Å². The number of rotatable bonds is 13. The summed E-state index contributed by atoms with van der Waals surface area (Å²) < 4.78 is 6.24. The van der Waals surface area contributed by atoms with E-state index >= 15 is 0 Å². The normalized spacial score (nSPS) is 12.5. The zero-order chi connectivity index (χ0) is 17.1. The Hall–Kier alpha value is -0.570. The van der Waals surface area contributed by atoms with Crippen LogP contribution in [0.3, 0.4) is 0 Å². The lowest BCUT2D eigenvalue weighted by Crippen LogP contribution is -2.56. The molecule has 0 heterocycles. The molecule has 0 saturated heterocycles. The van der Waals surface area contributed by atoms with Crippen molar-refractivity contribution in [3.63, 3.8) is 0 Å². The van der Waals surface area contributed by atoms with Crippen molar-refractivity contribution in [1.29, 1.82) is 0 Å². The molecule has 22 heavy (non-hydrogen) atoms. The van der Waals surface area contributed by atoms with Gasteiger partial charge in [0.1, 0.15) is 12.1 Å². The maximum Gasteiger partial charge on any atom is 0.306 e. The van der Waals surface area contributed by atoms with Crippen molar-refractivity contribution >= 4 is 5.97 Å². The number of likely N-dealkylation sites (N-methyl/N-ethyl adjacent to an activating group) is 1. The molecule has 0 fully saturated rings. The van der Waals surface area contributed by atoms with E-state index in [-0.39, 0.29) is 11.5 Å². The standard InChI is InChI=1S/C19H40NO2/c1-7-8-9-10-11-12-13-14-15-16-18(21)22-17-19(2,3)20(4,5)6/h7-17H2,1-6H3/q+1. The van der Waals surface area contributed by atoms with E-state index in [0.717, 1.165) is 17.3 Å². The summed E-state index contributed by atoms with van der Waals surface area (Å²) in [4.78, 5) is 11.8. The minimum Gasteiger partial charge on any atom is -0.459 e. The molecule has 0 saturated carbocycles. The van der Waals surface area contributed by atoms with E-state index in [0.29, 0.717) is 13.0 Å². The number of quaternary nitrogens is 1. The summed E-state index contributed by atoms with van der Waals surface area (Å²) in [6, 6.07) is 0. The molecule has 0 aliphatic carbocycles. The monoisotopic (exact) mass is 314 g/mol. The van der Waals surface area contributed by atoms with Crippen LogP contribution >= 0.6 is 0 Å². The number of carbonyl (C=O) groups is 1. The first-order valence-electron chi connectivity index (χ1n) is 9.18. The molecule has 0 radical (unpaired) electrons. The van der Waals surface area contributed by atoms with Gasteiger partial charge in [-0.15, -0.1) is 0 Å². The third-order valence-electron chi connectivity index (χ3n) is 4.89. The molecule has 0 amide bonds. The van der Waals surface area contributed by atoms with E-state index < -0.39 is 0 Å². The van der Waals surface area contributed by atoms with Gasteiger partial charge in [0.25, 0.3) is 0 Å². The Morgan fingerprint density at radius 2 is 1.32 bits per heavy atom. The summed E-state index contributed by atoms with van der Waals surface area (Å²) in [5.41, 5.74) is -0.0475. The van der Waals surface area contributed by atoms with Crippen LogP contribution in [0, 0.1) is 0 Å². The summed E-state index contributed by atoms with van der Waals surface area (Å²) in [6.45, 7) is 7.02. The third kappa shape index (κ3) is 10.2. The number of esters is 1. The van der Waals surface area contributed by atoms with Gasteiger partial charge in [0, 0.05) is 6.42 Å². The number of unbranched alkanes of at least 4 members (excludes halogenated alkanes) is 8. The van der Waals surface area contributed by atoms with Crippen LogP contribution in [-0.4, -0.2) is 43.7 Å². The fraction of sp³-hybridized carbons (Fsp3) is 0.947. The molecule has 0 spiro atoms. The lowest BCUT2D eigenvalue weighted by molar-refractivity contribution is -0.919. The van der Waals surface area contributed by atoms with Gasteiger partial charge in [-0.05, 0) is 20.3 Å². The van der Waals surface area contributed by atoms with Gasteiger partial charge in [-0.3, -0.25) is 4.79 Å². The zero-order valence-corrected chi connectivity index (χ0v) is 16.0. The van der Waals surface area contributed by atoms with Gasteiger partial charge in [0.15, 0.2) is 0 Å². The Morgan fingerprint density at radius 3 is 1.77 bits per heavy atom.